The third-order valence-corrected chi connectivity index (χ3v) is 3.27. The molecule has 1 aliphatic rings. The van der Waals surface area contributed by atoms with Gasteiger partial charge in [-0.2, -0.15) is 0 Å². The topological polar surface area (TPSA) is 70.8 Å². The van der Waals surface area contributed by atoms with Gasteiger partial charge in [-0.15, -0.1) is 0 Å². The van der Waals surface area contributed by atoms with Gasteiger partial charge >= 0.3 is 5.97 Å². The van der Waals surface area contributed by atoms with Gasteiger partial charge in [0.1, 0.15) is 11.8 Å². The lowest BCUT2D eigenvalue weighted by Gasteiger charge is -2.32. The van der Waals surface area contributed by atoms with Crippen LogP contribution in [0.5, 0.6) is 0 Å². The maximum Gasteiger partial charge on any atom is 0.326 e. The van der Waals surface area contributed by atoms with Crippen molar-refractivity contribution in [2.75, 3.05) is 6.54 Å². The van der Waals surface area contributed by atoms with E-state index in [2.05, 4.69) is 0 Å². The first kappa shape index (κ1) is 12.7. The smallest absolute Gasteiger partial charge is 0.326 e. The van der Waals surface area contributed by atoms with Crippen LogP contribution >= 0.6 is 0 Å². The van der Waals surface area contributed by atoms with Crippen molar-refractivity contribution in [1.82, 2.24) is 4.90 Å². The van der Waals surface area contributed by atoms with Gasteiger partial charge in [0.15, 0.2) is 5.76 Å². The normalized spacial score (nSPS) is 19.8. The summed E-state index contributed by atoms with van der Waals surface area (Å²) in [5.74, 6) is -0.283. The van der Waals surface area contributed by atoms with Gasteiger partial charge < -0.3 is 14.4 Å². The summed E-state index contributed by atoms with van der Waals surface area (Å²) < 4.78 is 5.39. The van der Waals surface area contributed by atoms with Crippen LogP contribution < -0.4 is 0 Å². The second-order valence-corrected chi connectivity index (χ2v) is 4.47. The number of aliphatic carboxylic acids is 1. The molecule has 1 fully saturated rings. The molecule has 5 nitrogen and oxygen atoms in total. The molecular formula is C13H17NO4. The van der Waals surface area contributed by atoms with Crippen LogP contribution in [0, 0.1) is 0 Å². The number of aryl methyl sites for hydroxylation is 1. The van der Waals surface area contributed by atoms with Gasteiger partial charge in [0.25, 0.3) is 5.91 Å². The lowest BCUT2D eigenvalue weighted by atomic mass is 10.0. The molecule has 5 heteroatoms. The molecule has 1 N–H and O–H groups in total. The largest absolute Gasteiger partial charge is 0.480 e. The Kier molecular flexibility index (Phi) is 3.69. The molecule has 0 aliphatic carbocycles. The summed E-state index contributed by atoms with van der Waals surface area (Å²) in [7, 11) is 0. The van der Waals surface area contributed by atoms with E-state index in [0.717, 1.165) is 25.0 Å². The molecule has 18 heavy (non-hydrogen) atoms. The van der Waals surface area contributed by atoms with Gasteiger partial charge in [-0.1, -0.05) is 6.92 Å². The fraction of sp³-hybridized carbons (Fsp3) is 0.538. The highest BCUT2D eigenvalue weighted by atomic mass is 16.4. The summed E-state index contributed by atoms with van der Waals surface area (Å²) in [5.41, 5.74) is 0. The molecule has 1 aromatic heterocycles. The van der Waals surface area contributed by atoms with Crippen LogP contribution in [-0.4, -0.2) is 34.5 Å². The highest BCUT2D eigenvalue weighted by Crippen LogP contribution is 2.21. The quantitative estimate of drug-likeness (QED) is 0.891. The van der Waals surface area contributed by atoms with Crippen LogP contribution in [-0.2, 0) is 11.2 Å². The Hall–Kier alpha value is -1.78. The molecule has 0 aromatic carbocycles. The van der Waals surface area contributed by atoms with E-state index in [1.807, 2.05) is 6.92 Å². The first-order valence-corrected chi connectivity index (χ1v) is 6.26. The number of nitrogens with zero attached hydrogens (tertiary/aromatic N) is 1. The van der Waals surface area contributed by atoms with Crippen molar-refractivity contribution < 1.29 is 19.1 Å². The summed E-state index contributed by atoms with van der Waals surface area (Å²) in [5, 5.41) is 9.13. The zero-order valence-corrected chi connectivity index (χ0v) is 10.4. The number of carboxylic acids is 1. The lowest BCUT2D eigenvalue weighted by molar-refractivity contribution is -0.143. The average molecular weight is 251 g/mol. The Bertz CT molecular complexity index is 452. The lowest BCUT2D eigenvalue weighted by Crippen LogP contribution is -2.47. The molecule has 2 heterocycles. The minimum Gasteiger partial charge on any atom is -0.480 e. The number of piperidine rings is 1. The fourth-order valence-electron chi connectivity index (χ4n) is 2.26. The van der Waals surface area contributed by atoms with E-state index in [9.17, 15) is 9.59 Å². The van der Waals surface area contributed by atoms with Gasteiger partial charge in [-0.25, -0.2) is 4.79 Å². The number of furan rings is 1. The van der Waals surface area contributed by atoms with E-state index in [0.29, 0.717) is 13.0 Å². The first-order valence-electron chi connectivity index (χ1n) is 6.26. The molecule has 0 unspecified atom stereocenters. The summed E-state index contributed by atoms with van der Waals surface area (Å²) >= 11 is 0. The van der Waals surface area contributed by atoms with Crippen molar-refractivity contribution in [3.8, 4) is 0 Å². The van der Waals surface area contributed by atoms with Crippen molar-refractivity contribution in [2.24, 2.45) is 0 Å². The number of carbonyl (C=O) groups excluding carboxylic acids is 1. The predicted molar refractivity (Wildman–Crippen MR) is 64.4 cm³/mol. The summed E-state index contributed by atoms with van der Waals surface area (Å²) in [6.07, 6.45) is 2.92. The molecule has 1 amide bonds. The first-order chi connectivity index (χ1) is 8.63. The van der Waals surface area contributed by atoms with Crippen molar-refractivity contribution in [3.63, 3.8) is 0 Å². The van der Waals surface area contributed by atoms with Gasteiger partial charge in [0, 0.05) is 13.0 Å². The molecule has 0 saturated carbocycles. The SMILES string of the molecule is CCc1ccc(C(=O)N2CCCC[C@H]2C(=O)O)o1. The van der Waals surface area contributed by atoms with Crippen LogP contribution in [0.3, 0.4) is 0 Å². The van der Waals surface area contributed by atoms with Crippen molar-refractivity contribution in [1.29, 1.82) is 0 Å². The van der Waals surface area contributed by atoms with E-state index < -0.39 is 12.0 Å². The van der Waals surface area contributed by atoms with Gasteiger partial charge in [0.05, 0.1) is 0 Å². The molecular weight excluding hydrogens is 234 g/mol. The van der Waals surface area contributed by atoms with Crippen LogP contribution in [0.15, 0.2) is 16.5 Å². The standard InChI is InChI=1S/C13H17NO4/c1-2-9-6-7-11(18-9)12(15)14-8-4-3-5-10(14)13(16)17/h6-7,10H,2-5,8H2,1H3,(H,16,17)/t10-/m0/s1. The molecule has 1 atom stereocenters. The fourth-order valence-corrected chi connectivity index (χ4v) is 2.26. The van der Waals surface area contributed by atoms with E-state index >= 15 is 0 Å². The van der Waals surface area contributed by atoms with Crippen LogP contribution in [0.25, 0.3) is 0 Å². The second-order valence-electron chi connectivity index (χ2n) is 4.47. The molecule has 2 rings (SSSR count). The average Bonchev–Trinajstić information content (AvgIpc) is 2.86. The van der Waals surface area contributed by atoms with Crippen molar-refractivity contribution in [3.05, 3.63) is 23.7 Å². The third-order valence-electron chi connectivity index (χ3n) is 3.27. The highest BCUT2D eigenvalue weighted by Gasteiger charge is 2.33. The molecule has 0 bridgehead atoms. The minimum absolute atomic E-state index is 0.236. The van der Waals surface area contributed by atoms with Gasteiger partial charge in [0.2, 0.25) is 0 Å². The van der Waals surface area contributed by atoms with Crippen molar-refractivity contribution >= 4 is 11.9 Å². The Labute approximate surface area is 105 Å². The van der Waals surface area contributed by atoms with Crippen molar-refractivity contribution in [2.45, 2.75) is 38.6 Å². The molecule has 1 aliphatic heterocycles. The molecule has 98 valence electrons. The van der Waals surface area contributed by atoms with E-state index in [1.54, 1.807) is 12.1 Å². The summed E-state index contributed by atoms with van der Waals surface area (Å²) in [6, 6.07) is 2.66. The second kappa shape index (κ2) is 5.25. The zero-order valence-electron chi connectivity index (χ0n) is 10.4. The highest BCUT2D eigenvalue weighted by molar-refractivity contribution is 5.94. The Morgan fingerprint density at radius 1 is 1.44 bits per heavy atom. The van der Waals surface area contributed by atoms with Crippen LogP contribution in [0.4, 0.5) is 0 Å². The molecule has 0 radical (unpaired) electrons. The molecule has 1 saturated heterocycles. The number of likely N-dealkylation sites (tertiary alicyclic amines) is 1. The number of carboxylic acid groups (broad SMARTS) is 1. The van der Waals surface area contributed by atoms with E-state index in [-0.39, 0.29) is 11.7 Å². The number of amides is 1. The Morgan fingerprint density at radius 2 is 2.22 bits per heavy atom. The summed E-state index contributed by atoms with van der Waals surface area (Å²) in [6.45, 7) is 2.42. The monoisotopic (exact) mass is 251 g/mol. The van der Waals surface area contributed by atoms with Crippen LogP contribution in [0.1, 0.15) is 42.5 Å². The minimum atomic E-state index is -0.940. The number of carbonyl (C=O) groups is 2. The van der Waals surface area contributed by atoms with Gasteiger partial charge in [-0.3, -0.25) is 4.79 Å². The zero-order chi connectivity index (χ0) is 13.1. The summed E-state index contributed by atoms with van der Waals surface area (Å²) in [4.78, 5) is 24.8. The van der Waals surface area contributed by atoms with E-state index in [1.165, 1.54) is 4.90 Å². The van der Waals surface area contributed by atoms with Crippen LogP contribution in [0.2, 0.25) is 0 Å². The number of rotatable bonds is 3. The molecule has 1 aromatic rings. The van der Waals surface area contributed by atoms with E-state index in [4.69, 9.17) is 9.52 Å². The number of hydrogen-bond acceptors (Lipinski definition) is 3. The number of hydrogen-bond donors (Lipinski definition) is 1. The predicted octanol–water partition coefficient (Wildman–Crippen LogP) is 1.92. The third kappa shape index (κ3) is 2.39. The maximum absolute atomic E-state index is 12.2. The maximum atomic E-state index is 12.2. The van der Waals surface area contributed by atoms with Gasteiger partial charge in [-0.05, 0) is 31.4 Å². The Balaban J connectivity index is 2.17. The molecule has 0 spiro atoms. The Morgan fingerprint density at radius 3 is 2.83 bits per heavy atom.